The standard InChI is InChI=1S/C18H29NO2/c1-14-9-15(2)11-18(10-14)21-13-17(20)12-19(3)16-7-5-4-6-8-16/h9-11,16-17,20H,4-8,12-13H2,1-3H3. The molecule has 1 N–H and O–H groups in total. The van der Waals surface area contributed by atoms with Gasteiger partial charge in [-0.2, -0.15) is 0 Å². The minimum Gasteiger partial charge on any atom is -0.491 e. The number of nitrogens with zero attached hydrogens (tertiary/aromatic N) is 1. The van der Waals surface area contributed by atoms with Crippen molar-refractivity contribution in [3.8, 4) is 5.75 Å². The molecular formula is C18H29NO2. The molecule has 1 atom stereocenters. The maximum atomic E-state index is 10.2. The average Bonchev–Trinajstić information content (AvgIpc) is 2.45. The third-order valence-electron chi connectivity index (χ3n) is 4.33. The van der Waals surface area contributed by atoms with Crippen molar-refractivity contribution in [3.05, 3.63) is 29.3 Å². The molecular weight excluding hydrogens is 262 g/mol. The average molecular weight is 291 g/mol. The van der Waals surface area contributed by atoms with E-state index in [1.165, 1.54) is 43.2 Å². The summed E-state index contributed by atoms with van der Waals surface area (Å²) in [4.78, 5) is 2.30. The summed E-state index contributed by atoms with van der Waals surface area (Å²) in [5.74, 6) is 0.854. The monoisotopic (exact) mass is 291 g/mol. The van der Waals surface area contributed by atoms with Crippen LogP contribution in [0.5, 0.6) is 5.75 Å². The third kappa shape index (κ3) is 5.33. The van der Waals surface area contributed by atoms with Crippen LogP contribution in [0.1, 0.15) is 43.2 Å². The zero-order valence-electron chi connectivity index (χ0n) is 13.6. The maximum absolute atomic E-state index is 10.2. The van der Waals surface area contributed by atoms with E-state index in [9.17, 15) is 5.11 Å². The summed E-state index contributed by atoms with van der Waals surface area (Å²) in [6.45, 7) is 5.18. The van der Waals surface area contributed by atoms with Crippen molar-refractivity contribution in [2.24, 2.45) is 0 Å². The van der Waals surface area contributed by atoms with E-state index >= 15 is 0 Å². The van der Waals surface area contributed by atoms with Crippen LogP contribution in [0.25, 0.3) is 0 Å². The molecule has 1 unspecified atom stereocenters. The van der Waals surface area contributed by atoms with E-state index in [2.05, 4.69) is 31.9 Å². The molecule has 2 rings (SSSR count). The van der Waals surface area contributed by atoms with E-state index in [1.54, 1.807) is 0 Å². The van der Waals surface area contributed by atoms with Gasteiger partial charge in [-0.1, -0.05) is 25.3 Å². The van der Waals surface area contributed by atoms with Gasteiger partial charge in [-0.05, 0) is 57.0 Å². The van der Waals surface area contributed by atoms with Crippen molar-refractivity contribution in [1.29, 1.82) is 0 Å². The smallest absolute Gasteiger partial charge is 0.119 e. The molecule has 1 aliphatic rings. The highest BCUT2D eigenvalue weighted by Gasteiger charge is 2.20. The SMILES string of the molecule is Cc1cc(C)cc(OCC(O)CN(C)C2CCCCC2)c1. The molecule has 1 saturated carbocycles. The molecule has 3 nitrogen and oxygen atoms in total. The van der Waals surface area contributed by atoms with Crippen LogP contribution in [0, 0.1) is 13.8 Å². The molecule has 1 aromatic carbocycles. The van der Waals surface area contributed by atoms with Crippen molar-refractivity contribution in [3.63, 3.8) is 0 Å². The van der Waals surface area contributed by atoms with Gasteiger partial charge in [0.2, 0.25) is 0 Å². The highest BCUT2D eigenvalue weighted by Crippen LogP contribution is 2.22. The number of rotatable bonds is 6. The number of aliphatic hydroxyl groups excluding tert-OH is 1. The molecule has 0 radical (unpaired) electrons. The predicted molar refractivity (Wildman–Crippen MR) is 86.9 cm³/mol. The molecule has 0 heterocycles. The number of aryl methyl sites for hydroxylation is 2. The largest absolute Gasteiger partial charge is 0.491 e. The van der Waals surface area contributed by atoms with Crippen molar-refractivity contribution in [2.45, 2.75) is 58.1 Å². The number of hydrogen-bond donors (Lipinski definition) is 1. The van der Waals surface area contributed by atoms with E-state index in [4.69, 9.17) is 4.74 Å². The van der Waals surface area contributed by atoms with Crippen molar-refractivity contribution >= 4 is 0 Å². The Hall–Kier alpha value is -1.06. The Kier molecular flexibility index (Phi) is 6.07. The molecule has 118 valence electrons. The van der Waals surface area contributed by atoms with Gasteiger partial charge in [0.15, 0.2) is 0 Å². The van der Waals surface area contributed by atoms with Crippen molar-refractivity contribution in [1.82, 2.24) is 4.90 Å². The van der Waals surface area contributed by atoms with Crippen molar-refractivity contribution in [2.75, 3.05) is 20.2 Å². The van der Waals surface area contributed by atoms with Crippen LogP contribution >= 0.6 is 0 Å². The molecule has 21 heavy (non-hydrogen) atoms. The van der Waals surface area contributed by atoms with E-state index in [-0.39, 0.29) is 0 Å². The molecule has 0 aromatic heterocycles. The summed E-state index contributed by atoms with van der Waals surface area (Å²) in [6, 6.07) is 6.80. The summed E-state index contributed by atoms with van der Waals surface area (Å²) in [6.07, 6.45) is 6.11. The first-order valence-electron chi connectivity index (χ1n) is 8.14. The van der Waals surface area contributed by atoms with Crippen LogP contribution in [0.4, 0.5) is 0 Å². The van der Waals surface area contributed by atoms with Crippen molar-refractivity contribution < 1.29 is 9.84 Å². The predicted octanol–water partition coefficient (Wildman–Crippen LogP) is 3.31. The van der Waals surface area contributed by atoms with Gasteiger partial charge in [0, 0.05) is 12.6 Å². The summed E-state index contributed by atoms with van der Waals surface area (Å²) in [5.41, 5.74) is 2.39. The summed E-state index contributed by atoms with van der Waals surface area (Å²) < 4.78 is 5.74. The van der Waals surface area contributed by atoms with E-state index in [0.717, 1.165) is 5.75 Å². The van der Waals surface area contributed by atoms with Crippen LogP contribution in [0.15, 0.2) is 18.2 Å². The first-order chi connectivity index (χ1) is 10.0. The van der Waals surface area contributed by atoms with Gasteiger partial charge in [-0.25, -0.2) is 0 Å². The van der Waals surface area contributed by atoms with Gasteiger partial charge in [0.25, 0.3) is 0 Å². The number of aliphatic hydroxyl groups is 1. The lowest BCUT2D eigenvalue weighted by Gasteiger charge is -2.32. The second-order valence-electron chi connectivity index (χ2n) is 6.52. The molecule has 0 bridgehead atoms. The van der Waals surface area contributed by atoms with Gasteiger partial charge >= 0.3 is 0 Å². The maximum Gasteiger partial charge on any atom is 0.119 e. The molecule has 1 aromatic rings. The molecule has 0 saturated heterocycles. The fourth-order valence-electron chi connectivity index (χ4n) is 3.26. The highest BCUT2D eigenvalue weighted by atomic mass is 16.5. The first kappa shape index (κ1) is 16.3. The first-order valence-corrected chi connectivity index (χ1v) is 8.14. The molecule has 1 aliphatic carbocycles. The minimum absolute atomic E-state index is 0.361. The van der Waals surface area contributed by atoms with Crippen LogP contribution in [0.2, 0.25) is 0 Å². The zero-order valence-corrected chi connectivity index (χ0v) is 13.6. The number of benzene rings is 1. The Morgan fingerprint density at radius 1 is 1.14 bits per heavy atom. The number of ether oxygens (including phenoxy) is 1. The van der Waals surface area contributed by atoms with Gasteiger partial charge in [-0.3, -0.25) is 0 Å². The highest BCUT2D eigenvalue weighted by molar-refractivity contribution is 5.32. The normalized spacial score (nSPS) is 18.0. The number of hydrogen-bond acceptors (Lipinski definition) is 3. The lowest BCUT2D eigenvalue weighted by molar-refractivity contribution is 0.0561. The molecule has 1 fully saturated rings. The third-order valence-corrected chi connectivity index (χ3v) is 4.33. The van der Waals surface area contributed by atoms with E-state index in [0.29, 0.717) is 19.2 Å². The van der Waals surface area contributed by atoms with Crippen LogP contribution < -0.4 is 4.74 Å². The van der Waals surface area contributed by atoms with Crippen LogP contribution in [0.3, 0.4) is 0 Å². The Labute approximate surface area is 128 Å². The second-order valence-corrected chi connectivity index (χ2v) is 6.52. The fraction of sp³-hybridized carbons (Fsp3) is 0.667. The summed E-state index contributed by atoms with van der Waals surface area (Å²) in [7, 11) is 2.12. The van der Waals surface area contributed by atoms with Crippen LogP contribution in [-0.2, 0) is 0 Å². The van der Waals surface area contributed by atoms with Gasteiger partial charge in [0.05, 0.1) is 0 Å². The second kappa shape index (κ2) is 7.81. The van der Waals surface area contributed by atoms with Gasteiger partial charge in [0.1, 0.15) is 18.5 Å². The van der Waals surface area contributed by atoms with Gasteiger partial charge < -0.3 is 14.7 Å². The number of likely N-dealkylation sites (N-methyl/N-ethyl adjacent to an activating group) is 1. The Morgan fingerprint density at radius 3 is 2.38 bits per heavy atom. The molecule has 0 aliphatic heterocycles. The Morgan fingerprint density at radius 2 is 1.76 bits per heavy atom. The quantitative estimate of drug-likeness (QED) is 0.873. The minimum atomic E-state index is -0.433. The topological polar surface area (TPSA) is 32.7 Å². The lowest BCUT2D eigenvalue weighted by atomic mass is 9.94. The lowest BCUT2D eigenvalue weighted by Crippen LogP contribution is -2.40. The van der Waals surface area contributed by atoms with E-state index < -0.39 is 6.10 Å². The summed E-state index contributed by atoms with van der Waals surface area (Å²) >= 11 is 0. The molecule has 0 amide bonds. The Balaban J connectivity index is 1.77. The van der Waals surface area contributed by atoms with Crippen LogP contribution in [-0.4, -0.2) is 42.4 Å². The Bertz CT molecular complexity index is 421. The van der Waals surface area contributed by atoms with Gasteiger partial charge in [-0.15, -0.1) is 0 Å². The molecule has 0 spiro atoms. The summed E-state index contributed by atoms with van der Waals surface area (Å²) in [5, 5.41) is 10.2. The zero-order chi connectivity index (χ0) is 15.2. The molecule has 3 heteroatoms. The fourth-order valence-corrected chi connectivity index (χ4v) is 3.26. The van der Waals surface area contributed by atoms with E-state index in [1.807, 2.05) is 12.1 Å².